The molecule has 0 atom stereocenters. The summed E-state index contributed by atoms with van der Waals surface area (Å²) in [6, 6.07) is 12.6. The molecule has 19 heavy (non-hydrogen) atoms. The molecule has 0 radical (unpaired) electrons. The quantitative estimate of drug-likeness (QED) is 0.685. The molecule has 3 rings (SSSR count). The molecule has 1 aromatic heterocycles. The third-order valence-electron chi connectivity index (χ3n) is 3.19. The normalized spacial score (nSPS) is 11.1. The minimum atomic E-state index is -0.287. The molecule has 0 aliphatic carbocycles. The monoisotopic (exact) mass is 274 g/mol. The van der Waals surface area contributed by atoms with Crippen molar-refractivity contribution in [2.75, 3.05) is 0 Å². The highest BCUT2D eigenvalue weighted by Crippen LogP contribution is 2.20. The highest BCUT2D eigenvalue weighted by molar-refractivity contribution is 6.30. The number of hydrogen-bond donors (Lipinski definition) is 0. The topological polar surface area (TPSA) is 17.8 Å². The van der Waals surface area contributed by atoms with E-state index < -0.39 is 0 Å². The Morgan fingerprint density at radius 3 is 2.79 bits per heavy atom. The number of para-hydroxylation sites is 2. The number of nitrogens with zero attached hydrogens (tertiary/aromatic N) is 2. The molecule has 96 valence electrons. The minimum Gasteiger partial charge on any atom is -0.324 e. The van der Waals surface area contributed by atoms with E-state index in [4.69, 9.17) is 11.6 Å². The average Bonchev–Trinajstić information content (AvgIpc) is 2.69. The van der Waals surface area contributed by atoms with Gasteiger partial charge in [-0.05, 0) is 31.2 Å². The van der Waals surface area contributed by atoms with E-state index in [1.165, 1.54) is 6.07 Å². The molecule has 0 aliphatic heterocycles. The fraction of sp³-hybridized carbons (Fsp3) is 0.133. The molecular weight excluding hydrogens is 263 g/mol. The second-order valence-electron chi connectivity index (χ2n) is 4.47. The molecule has 3 aromatic rings. The van der Waals surface area contributed by atoms with Crippen LogP contribution < -0.4 is 0 Å². The molecule has 1 heterocycles. The Morgan fingerprint density at radius 1 is 1.21 bits per heavy atom. The van der Waals surface area contributed by atoms with Crippen LogP contribution in [0.1, 0.15) is 11.4 Å². The lowest BCUT2D eigenvalue weighted by atomic mass is 10.2. The van der Waals surface area contributed by atoms with Gasteiger partial charge >= 0.3 is 0 Å². The molecule has 0 bridgehead atoms. The minimum absolute atomic E-state index is 0.287. The van der Waals surface area contributed by atoms with Crippen molar-refractivity contribution in [1.29, 1.82) is 0 Å². The second kappa shape index (κ2) is 4.67. The summed E-state index contributed by atoms with van der Waals surface area (Å²) in [5.74, 6) is 0.584. The van der Waals surface area contributed by atoms with Gasteiger partial charge in [0.05, 0.1) is 17.6 Å². The van der Waals surface area contributed by atoms with Crippen LogP contribution in [0.5, 0.6) is 0 Å². The van der Waals surface area contributed by atoms with E-state index in [0.29, 0.717) is 17.1 Å². The molecular formula is C15H12ClFN2. The fourth-order valence-corrected chi connectivity index (χ4v) is 2.37. The van der Waals surface area contributed by atoms with Gasteiger partial charge in [0.2, 0.25) is 0 Å². The second-order valence-corrected chi connectivity index (χ2v) is 4.91. The first-order valence-corrected chi connectivity index (χ1v) is 6.39. The van der Waals surface area contributed by atoms with Gasteiger partial charge in [0, 0.05) is 10.6 Å². The summed E-state index contributed by atoms with van der Waals surface area (Å²) in [5.41, 5.74) is 2.54. The molecule has 2 nitrogen and oxygen atoms in total. The Hall–Kier alpha value is -1.87. The van der Waals surface area contributed by atoms with Crippen LogP contribution in [0.15, 0.2) is 42.5 Å². The van der Waals surface area contributed by atoms with E-state index in [1.54, 1.807) is 12.1 Å². The summed E-state index contributed by atoms with van der Waals surface area (Å²) in [6.07, 6.45) is 0. The Morgan fingerprint density at radius 2 is 2.00 bits per heavy atom. The van der Waals surface area contributed by atoms with Gasteiger partial charge < -0.3 is 4.57 Å². The van der Waals surface area contributed by atoms with Crippen LogP contribution >= 0.6 is 11.6 Å². The summed E-state index contributed by atoms with van der Waals surface area (Å²) in [7, 11) is 0. The highest BCUT2D eigenvalue weighted by Gasteiger charge is 2.09. The SMILES string of the molecule is Cc1nc2ccccc2n1Cc1ccc(Cl)cc1F. The van der Waals surface area contributed by atoms with Crippen LogP contribution in [0.2, 0.25) is 5.02 Å². The largest absolute Gasteiger partial charge is 0.324 e. The predicted molar refractivity (Wildman–Crippen MR) is 75.0 cm³/mol. The predicted octanol–water partition coefficient (Wildman–Crippen LogP) is 4.19. The molecule has 0 N–H and O–H groups in total. The van der Waals surface area contributed by atoms with Gasteiger partial charge in [-0.1, -0.05) is 29.8 Å². The summed E-state index contributed by atoms with van der Waals surface area (Å²) >= 11 is 5.77. The number of rotatable bonds is 2. The Kier molecular flexibility index (Phi) is 2.99. The first-order chi connectivity index (χ1) is 9.15. The number of halogens is 2. The Balaban J connectivity index is 2.08. The molecule has 0 amide bonds. The number of aromatic nitrogens is 2. The molecule has 4 heteroatoms. The van der Waals surface area contributed by atoms with Gasteiger partial charge in [0.1, 0.15) is 11.6 Å². The van der Waals surface area contributed by atoms with E-state index in [9.17, 15) is 4.39 Å². The van der Waals surface area contributed by atoms with Gasteiger partial charge in [-0.3, -0.25) is 0 Å². The van der Waals surface area contributed by atoms with Crippen LogP contribution in [-0.4, -0.2) is 9.55 Å². The third kappa shape index (κ3) is 2.22. The lowest BCUT2D eigenvalue weighted by Gasteiger charge is -2.08. The average molecular weight is 275 g/mol. The smallest absolute Gasteiger partial charge is 0.129 e. The van der Waals surface area contributed by atoms with E-state index in [-0.39, 0.29) is 5.82 Å². The Bertz CT molecular complexity index is 749. The van der Waals surface area contributed by atoms with Crippen molar-refractivity contribution in [3.63, 3.8) is 0 Å². The summed E-state index contributed by atoms with van der Waals surface area (Å²) in [5, 5.41) is 0.411. The molecule has 2 aromatic carbocycles. The number of aryl methyl sites for hydroxylation is 1. The number of hydrogen-bond acceptors (Lipinski definition) is 1. The number of fused-ring (bicyclic) bond motifs is 1. The van der Waals surface area contributed by atoms with Gasteiger partial charge in [-0.25, -0.2) is 9.37 Å². The van der Waals surface area contributed by atoms with Crippen molar-refractivity contribution in [2.24, 2.45) is 0 Å². The number of imidazole rings is 1. The van der Waals surface area contributed by atoms with Crippen LogP contribution in [-0.2, 0) is 6.54 Å². The standard InChI is InChI=1S/C15H12ClFN2/c1-10-18-14-4-2-3-5-15(14)19(10)9-11-6-7-12(16)8-13(11)17/h2-8H,9H2,1H3. The van der Waals surface area contributed by atoms with Crippen LogP contribution in [0, 0.1) is 12.7 Å². The van der Waals surface area contributed by atoms with E-state index in [2.05, 4.69) is 4.98 Å². The maximum absolute atomic E-state index is 13.9. The fourth-order valence-electron chi connectivity index (χ4n) is 2.22. The maximum atomic E-state index is 13.9. The summed E-state index contributed by atoms with van der Waals surface area (Å²) in [4.78, 5) is 4.47. The lowest BCUT2D eigenvalue weighted by molar-refractivity contribution is 0.599. The molecule has 0 saturated carbocycles. The number of benzene rings is 2. The molecule has 0 aliphatic rings. The lowest BCUT2D eigenvalue weighted by Crippen LogP contribution is -2.03. The Labute approximate surface area is 115 Å². The van der Waals surface area contributed by atoms with Crippen molar-refractivity contribution in [3.05, 3.63) is 64.7 Å². The zero-order valence-electron chi connectivity index (χ0n) is 10.4. The van der Waals surface area contributed by atoms with E-state index in [0.717, 1.165) is 16.9 Å². The van der Waals surface area contributed by atoms with Gasteiger partial charge in [-0.2, -0.15) is 0 Å². The first-order valence-electron chi connectivity index (χ1n) is 6.01. The highest BCUT2D eigenvalue weighted by atomic mass is 35.5. The zero-order chi connectivity index (χ0) is 13.4. The maximum Gasteiger partial charge on any atom is 0.129 e. The zero-order valence-corrected chi connectivity index (χ0v) is 11.2. The van der Waals surface area contributed by atoms with E-state index >= 15 is 0 Å². The van der Waals surface area contributed by atoms with E-state index in [1.807, 2.05) is 35.8 Å². The van der Waals surface area contributed by atoms with Crippen molar-refractivity contribution in [2.45, 2.75) is 13.5 Å². The molecule has 0 unspecified atom stereocenters. The van der Waals surface area contributed by atoms with Crippen molar-refractivity contribution in [3.8, 4) is 0 Å². The van der Waals surface area contributed by atoms with Crippen LogP contribution in [0.3, 0.4) is 0 Å². The van der Waals surface area contributed by atoms with Crippen LogP contribution in [0.25, 0.3) is 11.0 Å². The van der Waals surface area contributed by atoms with Gasteiger partial charge in [-0.15, -0.1) is 0 Å². The van der Waals surface area contributed by atoms with Gasteiger partial charge in [0.25, 0.3) is 0 Å². The molecule has 0 spiro atoms. The summed E-state index contributed by atoms with van der Waals surface area (Å²) in [6.45, 7) is 2.38. The van der Waals surface area contributed by atoms with Crippen LogP contribution in [0.4, 0.5) is 4.39 Å². The van der Waals surface area contributed by atoms with Crippen molar-refractivity contribution >= 4 is 22.6 Å². The van der Waals surface area contributed by atoms with Crippen molar-refractivity contribution in [1.82, 2.24) is 9.55 Å². The van der Waals surface area contributed by atoms with Gasteiger partial charge in [0.15, 0.2) is 0 Å². The molecule has 0 saturated heterocycles. The molecule has 0 fully saturated rings. The summed E-state index contributed by atoms with van der Waals surface area (Å²) < 4.78 is 15.9. The van der Waals surface area contributed by atoms with Crippen molar-refractivity contribution < 1.29 is 4.39 Å². The first kappa shape index (κ1) is 12.2. The third-order valence-corrected chi connectivity index (χ3v) is 3.42.